The van der Waals surface area contributed by atoms with Gasteiger partial charge in [-0.1, -0.05) is 79.7 Å². The molecule has 4 aromatic carbocycles. The Morgan fingerprint density at radius 3 is 2.13 bits per heavy atom. The normalized spacial score (nSPS) is 12.5. The second-order valence-electron chi connectivity index (χ2n) is 11.1. The van der Waals surface area contributed by atoms with E-state index < -0.39 is 28.5 Å². The minimum Gasteiger partial charge on any atom is -0.497 e. The highest BCUT2D eigenvalue weighted by atomic mass is 32.2. The van der Waals surface area contributed by atoms with E-state index in [0.29, 0.717) is 17.9 Å². The van der Waals surface area contributed by atoms with Gasteiger partial charge in [0.05, 0.1) is 17.7 Å². The van der Waals surface area contributed by atoms with Gasteiger partial charge in [0.15, 0.2) is 0 Å². The molecule has 2 atom stereocenters. The third-order valence-electron chi connectivity index (χ3n) is 7.66. The molecule has 0 bridgehead atoms. The molecular weight excluding hydrogens is 586 g/mol. The first-order chi connectivity index (χ1) is 21.6. The van der Waals surface area contributed by atoms with E-state index in [2.05, 4.69) is 5.32 Å². The number of nitrogens with one attached hydrogen (secondary N) is 1. The number of anilines is 1. The molecule has 0 aromatic heterocycles. The lowest BCUT2D eigenvalue weighted by Crippen LogP contribution is -2.54. The second-order valence-corrected chi connectivity index (χ2v) is 12.9. The number of aryl methyl sites for hydroxylation is 1. The van der Waals surface area contributed by atoms with Gasteiger partial charge < -0.3 is 15.0 Å². The highest BCUT2D eigenvalue weighted by Crippen LogP contribution is 2.26. The van der Waals surface area contributed by atoms with Crippen LogP contribution in [0.4, 0.5) is 5.69 Å². The fraction of sp³-hybridized carbons (Fsp3) is 0.278. The van der Waals surface area contributed by atoms with E-state index in [1.807, 2.05) is 75.4 Å². The van der Waals surface area contributed by atoms with Gasteiger partial charge in [-0.25, -0.2) is 8.42 Å². The maximum atomic E-state index is 14.5. The first-order valence-corrected chi connectivity index (χ1v) is 16.5. The highest BCUT2D eigenvalue weighted by molar-refractivity contribution is 7.92. The average Bonchev–Trinajstić information content (AvgIpc) is 3.05. The SMILES string of the molecule is CC[C@@H](C)NC(=O)[C@H](Cc1ccccc1)N(Cc1cccc(OC)c1)C(=O)CN(c1cccc(C)c1)S(=O)(=O)c1ccccc1. The Hall–Kier alpha value is -4.63. The van der Waals surface area contributed by atoms with Crippen LogP contribution in [0.3, 0.4) is 0 Å². The van der Waals surface area contributed by atoms with Gasteiger partial charge in [-0.15, -0.1) is 0 Å². The van der Waals surface area contributed by atoms with Gasteiger partial charge in [0.25, 0.3) is 10.0 Å². The van der Waals surface area contributed by atoms with Gasteiger partial charge >= 0.3 is 0 Å². The highest BCUT2D eigenvalue weighted by Gasteiger charge is 2.35. The van der Waals surface area contributed by atoms with Crippen LogP contribution in [-0.4, -0.2) is 50.9 Å². The van der Waals surface area contributed by atoms with Crippen LogP contribution in [0.5, 0.6) is 5.75 Å². The van der Waals surface area contributed by atoms with Crippen LogP contribution in [0.2, 0.25) is 0 Å². The fourth-order valence-electron chi connectivity index (χ4n) is 4.99. The lowest BCUT2D eigenvalue weighted by molar-refractivity contribution is -0.140. The topological polar surface area (TPSA) is 96.0 Å². The molecule has 0 spiro atoms. The lowest BCUT2D eigenvalue weighted by atomic mass is 10.0. The summed E-state index contributed by atoms with van der Waals surface area (Å²) in [5.41, 5.74) is 2.82. The van der Waals surface area contributed by atoms with Gasteiger partial charge in [-0.2, -0.15) is 0 Å². The van der Waals surface area contributed by atoms with Crippen molar-refractivity contribution in [3.63, 3.8) is 0 Å². The maximum absolute atomic E-state index is 14.5. The summed E-state index contributed by atoms with van der Waals surface area (Å²) in [7, 11) is -2.58. The van der Waals surface area contributed by atoms with E-state index in [1.54, 1.807) is 49.6 Å². The smallest absolute Gasteiger partial charge is 0.264 e. The summed E-state index contributed by atoms with van der Waals surface area (Å²) in [5.74, 6) is -0.215. The Labute approximate surface area is 266 Å². The number of sulfonamides is 1. The van der Waals surface area contributed by atoms with Crippen molar-refractivity contribution in [2.24, 2.45) is 0 Å². The van der Waals surface area contributed by atoms with Crippen molar-refractivity contribution in [2.75, 3.05) is 18.0 Å². The molecule has 2 amide bonds. The number of benzene rings is 4. The number of hydrogen-bond acceptors (Lipinski definition) is 5. The summed E-state index contributed by atoms with van der Waals surface area (Å²) in [6, 6.07) is 30.8. The number of ether oxygens (including phenoxy) is 1. The molecule has 0 unspecified atom stereocenters. The van der Waals surface area contributed by atoms with Crippen molar-refractivity contribution < 1.29 is 22.7 Å². The molecule has 0 saturated carbocycles. The van der Waals surface area contributed by atoms with Crippen molar-refractivity contribution in [3.8, 4) is 5.75 Å². The first-order valence-electron chi connectivity index (χ1n) is 15.0. The third-order valence-corrected chi connectivity index (χ3v) is 9.45. The Bertz CT molecular complexity index is 1680. The zero-order chi connectivity index (χ0) is 32.4. The van der Waals surface area contributed by atoms with Crippen LogP contribution >= 0.6 is 0 Å². The van der Waals surface area contributed by atoms with E-state index in [0.717, 1.165) is 21.0 Å². The van der Waals surface area contributed by atoms with Crippen molar-refractivity contribution >= 4 is 27.5 Å². The molecule has 0 aliphatic rings. The number of rotatable bonds is 14. The molecule has 8 nitrogen and oxygen atoms in total. The number of carbonyl (C=O) groups excluding carboxylic acids is 2. The van der Waals surface area contributed by atoms with Crippen molar-refractivity contribution in [1.29, 1.82) is 0 Å². The summed E-state index contributed by atoms with van der Waals surface area (Å²) in [4.78, 5) is 30.0. The number of amides is 2. The van der Waals surface area contributed by atoms with Crippen LogP contribution < -0.4 is 14.4 Å². The molecule has 4 rings (SSSR count). The zero-order valence-corrected chi connectivity index (χ0v) is 27.0. The standard InChI is InChI=1S/C36H41N3O5S/c1-5-28(3)37-36(41)34(24-29-15-8-6-9-16-29)38(25-30-17-13-19-32(23-30)44-4)35(40)26-39(31-18-12-14-27(2)22-31)45(42,43)33-20-10-7-11-21-33/h6-23,28,34H,5,24-26H2,1-4H3,(H,37,41)/t28-,34+/m1/s1. The summed E-state index contributed by atoms with van der Waals surface area (Å²) in [6.45, 7) is 5.31. The van der Waals surface area contributed by atoms with Crippen LogP contribution in [0.1, 0.15) is 37.0 Å². The fourth-order valence-corrected chi connectivity index (χ4v) is 6.42. The molecular formula is C36H41N3O5S. The van der Waals surface area contributed by atoms with Crippen LogP contribution in [0.15, 0.2) is 114 Å². The number of nitrogens with zero attached hydrogens (tertiary/aromatic N) is 2. The van der Waals surface area contributed by atoms with Crippen LogP contribution in [0, 0.1) is 6.92 Å². The quantitative estimate of drug-likeness (QED) is 0.192. The summed E-state index contributed by atoms with van der Waals surface area (Å²) >= 11 is 0. The average molecular weight is 628 g/mol. The molecule has 45 heavy (non-hydrogen) atoms. The molecule has 0 aliphatic heterocycles. The van der Waals surface area contributed by atoms with Crippen molar-refractivity contribution in [1.82, 2.24) is 10.2 Å². The summed E-state index contributed by atoms with van der Waals surface area (Å²) in [6.07, 6.45) is 0.957. The van der Waals surface area contributed by atoms with Crippen molar-refractivity contribution in [3.05, 3.63) is 126 Å². The molecule has 0 radical (unpaired) electrons. The Morgan fingerprint density at radius 1 is 0.844 bits per heavy atom. The monoisotopic (exact) mass is 627 g/mol. The van der Waals surface area contributed by atoms with Gasteiger partial charge in [0.1, 0.15) is 18.3 Å². The summed E-state index contributed by atoms with van der Waals surface area (Å²) in [5, 5.41) is 3.05. The first kappa shape index (κ1) is 33.3. The lowest BCUT2D eigenvalue weighted by Gasteiger charge is -2.34. The van der Waals surface area contributed by atoms with E-state index in [4.69, 9.17) is 4.74 Å². The maximum Gasteiger partial charge on any atom is 0.264 e. The molecule has 0 fully saturated rings. The van der Waals surface area contributed by atoms with Gasteiger partial charge in [0, 0.05) is 19.0 Å². The molecule has 0 aliphatic carbocycles. The van der Waals surface area contributed by atoms with E-state index in [9.17, 15) is 18.0 Å². The van der Waals surface area contributed by atoms with Crippen LogP contribution in [0.25, 0.3) is 0 Å². The van der Waals surface area contributed by atoms with E-state index in [-0.39, 0.29) is 29.8 Å². The molecule has 236 valence electrons. The molecule has 4 aromatic rings. The number of carbonyl (C=O) groups is 2. The number of hydrogen-bond donors (Lipinski definition) is 1. The minimum atomic E-state index is -4.15. The Balaban J connectivity index is 1.81. The van der Waals surface area contributed by atoms with Crippen molar-refractivity contribution in [2.45, 2.75) is 57.1 Å². The molecule has 9 heteroatoms. The Morgan fingerprint density at radius 2 is 1.49 bits per heavy atom. The molecule has 0 saturated heterocycles. The number of methoxy groups -OCH3 is 1. The predicted molar refractivity (Wildman–Crippen MR) is 178 cm³/mol. The van der Waals surface area contributed by atoms with Gasteiger partial charge in [-0.05, 0) is 73.4 Å². The van der Waals surface area contributed by atoms with Crippen LogP contribution in [-0.2, 0) is 32.6 Å². The largest absolute Gasteiger partial charge is 0.497 e. The van der Waals surface area contributed by atoms with Gasteiger partial charge in [0.2, 0.25) is 11.8 Å². The Kier molecular flexibility index (Phi) is 11.4. The minimum absolute atomic E-state index is 0.0639. The van der Waals surface area contributed by atoms with Gasteiger partial charge in [-0.3, -0.25) is 13.9 Å². The summed E-state index contributed by atoms with van der Waals surface area (Å²) < 4.78 is 34.7. The predicted octanol–water partition coefficient (Wildman–Crippen LogP) is 5.75. The molecule has 1 N–H and O–H groups in total. The van der Waals surface area contributed by atoms with E-state index >= 15 is 0 Å². The molecule has 0 heterocycles. The third kappa shape index (κ3) is 8.73. The van der Waals surface area contributed by atoms with E-state index in [1.165, 1.54) is 17.0 Å². The zero-order valence-electron chi connectivity index (χ0n) is 26.2. The second kappa shape index (κ2) is 15.4.